The van der Waals surface area contributed by atoms with Crippen molar-refractivity contribution in [2.24, 2.45) is 0 Å². The number of benzene rings is 2. The number of amides is 2. The molecule has 2 amide bonds. The Morgan fingerprint density at radius 2 is 1.58 bits per heavy atom. The van der Waals surface area contributed by atoms with Crippen molar-refractivity contribution >= 4 is 11.8 Å². The molecule has 31 heavy (non-hydrogen) atoms. The number of nitrogens with one attached hydrogen (secondary N) is 2. The van der Waals surface area contributed by atoms with Crippen molar-refractivity contribution in [1.82, 2.24) is 10.2 Å². The lowest BCUT2D eigenvalue weighted by Crippen LogP contribution is -3.16. The average Bonchev–Trinajstić information content (AvgIpc) is 2.77. The Labute approximate surface area is 183 Å². The molecule has 2 aromatic carbocycles. The van der Waals surface area contributed by atoms with Gasteiger partial charge in [0.25, 0.3) is 11.8 Å². The highest BCUT2D eigenvalue weighted by Crippen LogP contribution is 2.18. The number of carbonyl (C=O) groups is 2. The molecule has 1 saturated heterocycles. The fourth-order valence-corrected chi connectivity index (χ4v) is 3.46. The summed E-state index contributed by atoms with van der Waals surface area (Å²) < 4.78 is 11.4. The van der Waals surface area contributed by atoms with Crippen LogP contribution in [0.25, 0.3) is 0 Å². The number of quaternary nitrogens is 1. The molecule has 1 fully saturated rings. The first-order chi connectivity index (χ1) is 15.0. The van der Waals surface area contributed by atoms with Crippen LogP contribution in [0.4, 0.5) is 0 Å². The monoisotopic (exact) mass is 426 g/mol. The summed E-state index contributed by atoms with van der Waals surface area (Å²) in [5, 5.41) is 2.91. The molecule has 1 heterocycles. The van der Waals surface area contributed by atoms with E-state index in [-0.39, 0.29) is 24.5 Å². The van der Waals surface area contributed by atoms with Crippen molar-refractivity contribution in [2.75, 3.05) is 39.3 Å². The van der Waals surface area contributed by atoms with Gasteiger partial charge in [-0.3, -0.25) is 9.59 Å². The third kappa shape index (κ3) is 7.61. The summed E-state index contributed by atoms with van der Waals surface area (Å²) in [6, 6.07) is 17.4. The summed E-state index contributed by atoms with van der Waals surface area (Å²) in [5.74, 6) is 1.41. The molecule has 0 radical (unpaired) electrons. The van der Waals surface area contributed by atoms with Gasteiger partial charge in [0.2, 0.25) is 0 Å². The summed E-state index contributed by atoms with van der Waals surface area (Å²) in [7, 11) is 0. The lowest BCUT2D eigenvalue weighted by atomic mass is 10.2. The molecule has 7 nitrogen and oxygen atoms in total. The standard InChI is InChI=1S/C24H31N3O4/c1-19(2)25-23(28)16-26-12-14-27(15-13-26)24(29)18-31-22-10-8-21(9-11-22)30-17-20-6-4-3-5-7-20/h3-11,19H,12-18H2,1-2H3,(H,25,28)/p+1. The molecule has 0 aromatic heterocycles. The quantitative estimate of drug-likeness (QED) is 0.625. The summed E-state index contributed by atoms with van der Waals surface area (Å²) in [6.45, 7) is 7.69. The van der Waals surface area contributed by atoms with Crippen LogP contribution in [0, 0.1) is 0 Å². The average molecular weight is 427 g/mol. The van der Waals surface area contributed by atoms with Gasteiger partial charge in [0.15, 0.2) is 13.2 Å². The van der Waals surface area contributed by atoms with E-state index < -0.39 is 0 Å². The molecule has 1 aliphatic rings. The lowest BCUT2D eigenvalue weighted by Gasteiger charge is -2.32. The first-order valence-electron chi connectivity index (χ1n) is 10.8. The Morgan fingerprint density at radius 3 is 2.19 bits per heavy atom. The van der Waals surface area contributed by atoms with Gasteiger partial charge in [-0.25, -0.2) is 0 Å². The zero-order valence-corrected chi connectivity index (χ0v) is 18.3. The van der Waals surface area contributed by atoms with Crippen LogP contribution in [-0.4, -0.2) is 62.1 Å². The predicted octanol–water partition coefficient (Wildman–Crippen LogP) is 0.896. The summed E-state index contributed by atoms with van der Waals surface area (Å²) in [5.41, 5.74) is 1.11. The highest BCUT2D eigenvalue weighted by molar-refractivity contribution is 5.78. The van der Waals surface area contributed by atoms with Crippen LogP contribution >= 0.6 is 0 Å². The van der Waals surface area contributed by atoms with E-state index in [0.717, 1.165) is 24.4 Å². The van der Waals surface area contributed by atoms with E-state index in [2.05, 4.69) is 5.32 Å². The maximum Gasteiger partial charge on any atom is 0.275 e. The molecule has 7 heteroatoms. The van der Waals surface area contributed by atoms with Crippen LogP contribution in [0.1, 0.15) is 19.4 Å². The van der Waals surface area contributed by atoms with E-state index in [1.807, 2.05) is 68.4 Å². The summed E-state index contributed by atoms with van der Waals surface area (Å²) in [6.07, 6.45) is 0. The van der Waals surface area contributed by atoms with Gasteiger partial charge in [-0.05, 0) is 43.7 Å². The van der Waals surface area contributed by atoms with Crippen LogP contribution in [0.5, 0.6) is 11.5 Å². The largest absolute Gasteiger partial charge is 0.489 e. The van der Waals surface area contributed by atoms with Gasteiger partial charge in [-0.15, -0.1) is 0 Å². The normalized spacial score (nSPS) is 14.4. The molecule has 0 unspecified atom stereocenters. The second-order valence-electron chi connectivity index (χ2n) is 8.06. The number of hydrogen-bond donors (Lipinski definition) is 2. The molecule has 166 valence electrons. The first kappa shape index (κ1) is 22.6. The predicted molar refractivity (Wildman–Crippen MR) is 118 cm³/mol. The van der Waals surface area contributed by atoms with Gasteiger partial charge in [-0.2, -0.15) is 0 Å². The van der Waals surface area contributed by atoms with Crippen molar-refractivity contribution in [3.05, 3.63) is 60.2 Å². The second-order valence-corrected chi connectivity index (χ2v) is 8.06. The van der Waals surface area contributed by atoms with Crippen LogP contribution in [0.3, 0.4) is 0 Å². The first-order valence-corrected chi connectivity index (χ1v) is 10.8. The Kier molecular flexibility index (Phi) is 8.29. The minimum absolute atomic E-state index is 0.00733. The highest BCUT2D eigenvalue weighted by Gasteiger charge is 2.25. The minimum atomic E-state index is -0.0323. The summed E-state index contributed by atoms with van der Waals surface area (Å²) in [4.78, 5) is 27.4. The molecule has 0 saturated carbocycles. The Hall–Kier alpha value is -3.06. The second kappa shape index (κ2) is 11.4. The van der Waals surface area contributed by atoms with Gasteiger partial charge in [0.05, 0.1) is 26.2 Å². The topological polar surface area (TPSA) is 72.3 Å². The van der Waals surface area contributed by atoms with Crippen LogP contribution in [-0.2, 0) is 16.2 Å². The molecule has 0 spiro atoms. The summed E-state index contributed by atoms with van der Waals surface area (Å²) >= 11 is 0. The zero-order chi connectivity index (χ0) is 22.1. The van der Waals surface area contributed by atoms with E-state index in [1.54, 1.807) is 4.90 Å². The third-order valence-corrected chi connectivity index (χ3v) is 5.12. The number of ether oxygens (including phenoxy) is 2. The maximum atomic E-state index is 12.5. The minimum Gasteiger partial charge on any atom is -0.489 e. The fourth-order valence-electron chi connectivity index (χ4n) is 3.46. The fraction of sp³-hybridized carbons (Fsp3) is 0.417. The van der Waals surface area contributed by atoms with Gasteiger partial charge in [0.1, 0.15) is 18.1 Å². The van der Waals surface area contributed by atoms with Gasteiger partial charge in [-0.1, -0.05) is 30.3 Å². The van der Waals surface area contributed by atoms with Crippen LogP contribution in [0.15, 0.2) is 54.6 Å². The number of carbonyl (C=O) groups excluding carboxylic acids is 2. The molecule has 2 N–H and O–H groups in total. The van der Waals surface area contributed by atoms with Crippen molar-refractivity contribution in [3.8, 4) is 11.5 Å². The van der Waals surface area contributed by atoms with Crippen molar-refractivity contribution in [2.45, 2.75) is 26.5 Å². The van der Waals surface area contributed by atoms with Crippen molar-refractivity contribution < 1.29 is 24.0 Å². The van der Waals surface area contributed by atoms with E-state index >= 15 is 0 Å². The molecule has 3 rings (SSSR count). The third-order valence-electron chi connectivity index (χ3n) is 5.12. The van der Waals surface area contributed by atoms with Gasteiger partial charge < -0.3 is 24.6 Å². The molecule has 2 aromatic rings. The number of rotatable bonds is 9. The number of piperazine rings is 1. The van der Waals surface area contributed by atoms with Gasteiger partial charge in [0, 0.05) is 6.04 Å². The SMILES string of the molecule is CC(C)NC(=O)C[NH+]1CCN(C(=O)COc2ccc(OCc3ccccc3)cc2)CC1. The smallest absolute Gasteiger partial charge is 0.275 e. The van der Waals surface area contributed by atoms with Gasteiger partial charge >= 0.3 is 0 Å². The van der Waals surface area contributed by atoms with Crippen LogP contribution < -0.4 is 19.7 Å². The Morgan fingerprint density at radius 1 is 0.968 bits per heavy atom. The molecule has 0 bridgehead atoms. The number of nitrogens with zero attached hydrogens (tertiary/aromatic N) is 1. The van der Waals surface area contributed by atoms with E-state index in [9.17, 15) is 9.59 Å². The maximum absolute atomic E-state index is 12.5. The Bertz CT molecular complexity index is 832. The lowest BCUT2D eigenvalue weighted by molar-refractivity contribution is -0.896. The van der Waals surface area contributed by atoms with E-state index in [4.69, 9.17) is 9.47 Å². The molecular weight excluding hydrogens is 394 g/mol. The van der Waals surface area contributed by atoms with Crippen LogP contribution in [0.2, 0.25) is 0 Å². The molecule has 0 atom stereocenters. The zero-order valence-electron chi connectivity index (χ0n) is 18.3. The highest BCUT2D eigenvalue weighted by atomic mass is 16.5. The van der Waals surface area contributed by atoms with E-state index in [1.165, 1.54) is 4.90 Å². The molecule has 0 aliphatic carbocycles. The van der Waals surface area contributed by atoms with Crippen molar-refractivity contribution in [3.63, 3.8) is 0 Å². The van der Waals surface area contributed by atoms with E-state index in [0.29, 0.717) is 32.0 Å². The molecular formula is C24H32N3O4+. The molecule has 1 aliphatic heterocycles. The van der Waals surface area contributed by atoms with Crippen molar-refractivity contribution in [1.29, 1.82) is 0 Å². The Balaban J connectivity index is 1.36. The number of hydrogen-bond acceptors (Lipinski definition) is 4.